The third-order valence-electron chi connectivity index (χ3n) is 4.62. The monoisotopic (exact) mass is 396 g/mol. The Bertz CT molecular complexity index is 846. The first-order valence-corrected chi connectivity index (χ1v) is 10.5. The Hall–Kier alpha value is -1.47. The maximum absolute atomic E-state index is 14.0. The third kappa shape index (κ3) is 4.82. The van der Waals surface area contributed by atoms with Gasteiger partial charge in [-0.2, -0.15) is 0 Å². The molecule has 0 aromatic heterocycles. The Morgan fingerprint density at radius 2 is 1.92 bits per heavy atom. The van der Waals surface area contributed by atoms with E-state index in [9.17, 15) is 12.8 Å². The van der Waals surface area contributed by atoms with Crippen molar-refractivity contribution < 1.29 is 12.8 Å². The zero-order valence-corrected chi connectivity index (χ0v) is 15.9. The van der Waals surface area contributed by atoms with Crippen LogP contribution in [0.25, 0.3) is 0 Å². The number of benzene rings is 2. The second kappa shape index (κ2) is 8.48. The Labute approximate surface area is 159 Å². The lowest BCUT2D eigenvalue weighted by Gasteiger charge is -2.32. The fourth-order valence-corrected chi connectivity index (χ4v) is 4.74. The van der Waals surface area contributed by atoms with Gasteiger partial charge in [0, 0.05) is 19.6 Å². The van der Waals surface area contributed by atoms with E-state index < -0.39 is 20.7 Å². The van der Waals surface area contributed by atoms with Crippen LogP contribution < -0.4 is 4.72 Å². The van der Waals surface area contributed by atoms with Crippen LogP contribution >= 0.6 is 11.6 Å². The highest BCUT2D eigenvalue weighted by Crippen LogP contribution is 2.23. The molecule has 140 valence electrons. The van der Waals surface area contributed by atoms with E-state index in [1.54, 1.807) is 0 Å². The summed E-state index contributed by atoms with van der Waals surface area (Å²) in [6.45, 7) is 2.96. The summed E-state index contributed by atoms with van der Waals surface area (Å²) in [7, 11) is -3.92. The molecule has 1 unspecified atom stereocenters. The van der Waals surface area contributed by atoms with Gasteiger partial charge in [0.2, 0.25) is 10.0 Å². The molecule has 7 heteroatoms. The summed E-state index contributed by atoms with van der Waals surface area (Å²) in [5.41, 5.74) is 1.25. The average molecular weight is 397 g/mol. The van der Waals surface area contributed by atoms with Gasteiger partial charge in [-0.1, -0.05) is 48.0 Å². The molecule has 0 saturated carbocycles. The van der Waals surface area contributed by atoms with E-state index in [0.717, 1.165) is 32.5 Å². The van der Waals surface area contributed by atoms with E-state index in [1.165, 1.54) is 23.8 Å². The molecule has 0 aliphatic carbocycles. The average Bonchev–Trinajstić information content (AvgIpc) is 2.63. The van der Waals surface area contributed by atoms with Gasteiger partial charge in [0.15, 0.2) is 5.82 Å². The second-order valence-electron chi connectivity index (χ2n) is 6.63. The second-order valence-corrected chi connectivity index (χ2v) is 8.78. The van der Waals surface area contributed by atoms with E-state index in [0.29, 0.717) is 6.54 Å². The van der Waals surface area contributed by atoms with Crippen LogP contribution in [0, 0.1) is 11.7 Å². The maximum Gasteiger partial charge on any atom is 0.243 e. The van der Waals surface area contributed by atoms with Crippen LogP contribution in [0.5, 0.6) is 0 Å². The Morgan fingerprint density at radius 3 is 2.69 bits per heavy atom. The van der Waals surface area contributed by atoms with Crippen molar-refractivity contribution in [1.82, 2.24) is 9.62 Å². The highest BCUT2D eigenvalue weighted by atomic mass is 35.5. The minimum atomic E-state index is -3.92. The lowest BCUT2D eigenvalue weighted by molar-refractivity contribution is 0.169. The SMILES string of the molecule is O=S(=O)(NCC1CCCN(Cc2ccccc2)C1)c1cccc(Cl)c1F. The smallest absolute Gasteiger partial charge is 0.243 e. The van der Waals surface area contributed by atoms with Crippen molar-refractivity contribution >= 4 is 21.6 Å². The fourth-order valence-electron chi connectivity index (χ4n) is 3.30. The van der Waals surface area contributed by atoms with E-state index in [4.69, 9.17) is 11.6 Å². The van der Waals surface area contributed by atoms with Crippen LogP contribution in [0.3, 0.4) is 0 Å². The van der Waals surface area contributed by atoms with Crippen molar-refractivity contribution in [1.29, 1.82) is 0 Å². The van der Waals surface area contributed by atoms with Crippen LogP contribution in [-0.2, 0) is 16.6 Å². The molecule has 2 aromatic rings. The lowest BCUT2D eigenvalue weighted by atomic mass is 9.98. The summed E-state index contributed by atoms with van der Waals surface area (Å²) in [5.74, 6) is -0.708. The highest BCUT2D eigenvalue weighted by molar-refractivity contribution is 7.89. The van der Waals surface area contributed by atoms with Crippen molar-refractivity contribution in [2.45, 2.75) is 24.3 Å². The minimum Gasteiger partial charge on any atom is -0.299 e. The standard InChI is InChI=1S/C19H22ClFN2O2S/c20-17-9-4-10-18(19(17)21)26(24,25)22-12-16-8-5-11-23(14-16)13-15-6-2-1-3-7-15/h1-4,6-7,9-10,16,22H,5,8,11-14H2. The van der Waals surface area contributed by atoms with Gasteiger partial charge in [-0.3, -0.25) is 4.90 Å². The predicted molar refractivity (Wildman–Crippen MR) is 101 cm³/mol. The first-order valence-electron chi connectivity index (χ1n) is 8.65. The van der Waals surface area contributed by atoms with Gasteiger partial charge in [-0.15, -0.1) is 0 Å². The van der Waals surface area contributed by atoms with Gasteiger partial charge in [0.05, 0.1) is 5.02 Å². The number of rotatable bonds is 6. The third-order valence-corrected chi connectivity index (χ3v) is 6.35. The molecule has 1 heterocycles. The summed E-state index contributed by atoms with van der Waals surface area (Å²) in [4.78, 5) is 1.93. The number of piperidine rings is 1. The molecule has 0 bridgehead atoms. The van der Waals surface area contributed by atoms with Crippen LogP contribution in [-0.4, -0.2) is 33.0 Å². The molecule has 1 N–H and O–H groups in total. The number of hydrogen-bond donors (Lipinski definition) is 1. The molecule has 4 nitrogen and oxygen atoms in total. The summed E-state index contributed by atoms with van der Waals surface area (Å²) < 4.78 is 41.3. The lowest BCUT2D eigenvalue weighted by Crippen LogP contribution is -2.40. The normalized spacial score (nSPS) is 18.8. The molecule has 1 aliphatic heterocycles. The molecule has 2 aromatic carbocycles. The van der Waals surface area contributed by atoms with Crippen molar-refractivity contribution in [3.05, 3.63) is 64.9 Å². The molecule has 0 spiro atoms. The van der Waals surface area contributed by atoms with Gasteiger partial charge in [0.25, 0.3) is 0 Å². The molecule has 0 amide bonds. The molecule has 3 rings (SSSR count). The molecule has 1 atom stereocenters. The Balaban J connectivity index is 1.59. The van der Waals surface area contributed by atoms with Crippen LogP contribution in [0.1, 0.15) is 18.4 Å². The highest BCUT2D eigenvalue weighted by Gasteiger charge is 2.24. The quantitative estimate of drug-likeness (QED) is 0.810. The van der Waals surface area contributed by atoms with Crippen LogP contribution in [0.15, 0.2) is 53.4 Å². The number of nitrogens with zero attached hydrogens (tertiary/aromatic N) is 1. The summed E-state index contributed by atoms with van der Waals surface area (Å²) in [5, 5.41) is -0.195. The number of likely N-dealkylation sites (tertiary alicyclic amines) is 1. The molecule has 0 radical (unpaired) electrons. The van der Waals surface area contributed by atoms with E-state index in [2.05, 4.69) is 21.8 Å². The predicted octanol–water partition coefficient (Wildman–Crippen LogP) is 3.67. The van der Waals surface area contributed by atoms with Gasteiger partial charge in [-0.05, 0) is 43.0 Å². The minimum absolute atomic E-state index is 0.195. The van der Waals surface area contributed by atoms with Gasteiger partial charge < -0.3 is 0 Å². The first-order chi connectivity index (χ1) is 12.5. The number of hydrogen-bond acceptors (Lipinski definition) is 3. The zero-order chi connectivity index (χ0) is 18.6. The summed E-state index contributed by atoms with van der Waals surface area (Å²) in [6, 6.07) is 14.2. The van der Waals surface area contributed by atoms with E-state index in [1.807, 2.05) is 18.2 Å². The topological polar surface area (TPSA) is 49.4 Å². The number of halogens is 2. The van der Waals surface area contributed by atoms with Crippen LogP contribution in [0.2, 0.25) is 5.02 Å². The number of nitrogens with one attached hydrogen (secondary N) is 1. The number of sulfonamides is 1. The van der Waals surface area contributed by atoms with Crippen molar-refractivity contribution in [2.75, 3.05) is 19.6 Å². The maximum atomic E-state index is 14.0. The van der Waals surface area contributed by atoms with Crippen LogP contribution in [0.4, 0.5) is 4.39 Å². The molecule has 26 heavy (non-hydrogen) atoms. The molecular weight excluding hydrogens is 375 g/mol. The van der Waals surface area contributed by atoms with Gasteiger partial charge in [0.1, 0.15) is 4.90 Å². The van der Waals surface area contributed by atoms with Gasteiger partial charge in [-0.25, -0.2) is 17.5 Å². The zero-order valence-electron chi connectivity index (χ0n) is 14.4. The van der Waals surface area contributed by atoms with Gasteiger partial charge >= 0.3 is 0 Å². The summed E-state index contributed by atoms with van der Waals surface area (Å²) in [6.07, 6.45) is 1.97. The molecule has 1 saturated heterocycles. The van der Waals surface area contributed by atoms with E-state index in [-0.39, 0.29) is 10.9 Å². The van der Waals surface area contributed by atoms with Crippen molar-refractivity contribution in [3.8, 4) is 0 Å². The van der Waals surface area contributed by atoms with Crippen molar-refractivity contribution in [2.24, 2.45) is 5.92 Å². The summed E-state index contributed by atoms with van der Waals surface area (Å²) >= 11 is 5.69. The first kappa shape index (κ1) is 19.3. The van der Waals surface area contributed by atoms with E-state index >= 15 is 0 Å². The molecular formula is C19H22ClFN2O2S. The van der Waals surface area contributed by atoms with Crippen molar-refractivity contribution in [3.63, 3.8) is 0 Å². The largest absolute Gasteiger partial charge is 0.299 e. The molecule has 1 aliphatic rings. The Kier molecular flexibility index (Phi) is 6.29. The molecule has 1 fully saturated rings. The Morgan fingerprint density at radius 1 is 1.15 bits per heavy atom. The fraction of sp³-hybridized carbons (Fsp3) is 0.368.